The average molecular weight is 399 g/mol. The maximum atomic E-state index is 12.1. The number of Topliss-reactive ketones (excluding diaryl/α,β-unsaturated/α-hetero) is 1. The lowest BCUT2D eigenvalue weighted by Gasteiger charge is -2.04. The van der Waals surface area contributed by atoms with Crippen molar-refractivity contribution in [2.45, 2.75) is 0 Å². The minimum atomic E-state index is -3.82. The number of fused-ring (bicyclic) bond motifs is 1. The van der Waals surface area contributed by atoms with Gasteiger partial charge in [0, 0.05) is 10.8 Å². The van der Waals surface area contributed by atoms with Crippen molar-refractivity contribution in [3.63, 3.8) is 0 Å². The van der Waals surface area contributed by atoms with Gasteiger partial charge in [0.15, 0.2) is 12.4 Å². The van der Waals surface area contributed by atoms with Gasteiger partial charge < -0.3 is 9.15 Å². The average Bonchev–Trinajstić information content (AvgIpc) is 3.14. The molecule has 144 valence electrons. The maximum absolute atomic E-state index is 12.1. The van der Waals surface area contributed by atoms with E-state index in [1.165, 1.54) is 6.08 Å². The fraction of sp³-hybridized carbons (Fsp3) is 0.100. The smallest absolute Gasteiger partial charge is 0.321 e. The Morgan fingerprint density at radius 2 is 1.75 bits per heavy atom. The van der Waals surface area contributed by atoms with Crippen LogP contribution in [0.2, 0.25) is 0 Å². The van der Waals surface area contributed by atoms with Crippen LogP contribution in [0.3, 0.4) is 0 Å². The number of rotatable bonds is 8. The quantitative estimate of drug-likeness (QED) is 0.462. The second kappa shape index (κ2) is 8.64. The van der Waals surface area contributed by atoms with Crippen molar-refractivity contribution < 1.29 is 27.2 Å². The number of nitrogens with one attached hydrogen (secondary N) is 1. The van der Waals surface area contributed by atoms with Crippen LogP contribution in [0.15, 0.2) is 70.5 Å². The van der Waals surface area contributed by atoms with Gasteiger partial charge in [-0.3, -0.25) is 9.59 Å². The van der Waals surface area contributed by atoms with Gasteiger partial charge >= 0.3 is 5.97 Å². The first kappa shape index (κ1) is 19.5. The van der Waals surface area contributed by atoms with Gasteiger partial charge in [-0.1, -0.05) is 48.5 Å². The van der Waals surface area contributed by atoms with Crippen LogP contribution in [0.1, 0.15) is 16.1 Å². The lowest BCUT2D eigenvalue weighted by molar-refractivity contribution is -0.141. The Kier molecular flexibility index (Phi) is 6.03. The van der Waals surface area contributed by atoms with Gasteiger partial charge in [-0.15, -0.1) is 0 Å². The number of sulfonamides is 1. The molecule has 2 aromatic carbocycles. The normalized spacial score (nSPS) is 11.7. The molecule has 0 aliphatic rings. The van der Waals surface area contributed by atoms with E-state index in [4.69, 9.17) is 9.15 Å². The summed E-state index contributed by atoms with van der Waals surface area (Å²) in [5.41, 5.74) is 1.25. The number of ether oxygens (including phenoxy) is 1. The molecule has 0 amide bonds. The Balaban J connectivity index is 1.48. The van der Waals surface area contributed by atoms with E-state index < -0.39 is 34.9 Å². The molecule has 0 fully saturated rings. The van der Waals surface area contributed by atoms with Crippen LogP contribution in [0.4, 0.5) is 0 Å². The summed E-state index contributed by atoms with van der Waals surface area (Å²) in [6, 6.07) is 17.5. The van der Waals surface area contributed by atoms with Crippen LogP contribution in [0, 0.1) is 0 Å². The molecule has 7 nitrogen and oxygen atoms in total. The molecule has 0 unspecified atom stereocenters. The van der Waals surface area contributed by atoms with Gasteiger partial charge in [0.25, 0.3) is 0 Å². The number of hydrogen-bond donors (Lipinski definition) is 1. The van der Waals surface area contributed by atoms with Crippen molar-refractivity contribution >= 4 is 38.8 Å². The number of hydrogen-bond acceptors (Lipinski definition) is 6. The molecule has 28 heavy (non-hydrogen) atoms. The summed E-state index contributed by atoms with van der Waals surface area (Å²) < 4.78 is 36.1. The third-order valence-corrected chi connectivity index (χ3v) is 4.76. The first-order valence-electron chi connectivity index (χ1n) is 8.33. The van der Waals surface area contributed by atoms with E-state index in [-0.39, 0.29) is 5.76 Å². The maximum Gasteiger partial charge on any atom is 0.321 e. The summed E-state index contributed by atoms with van der Waals surface area (Å²) >= 11 is 0. The van der Waals surface area contributed by atoms with Crippen molar-refractivity contribution in [2.24, 2.45) is 0 Å². The highest BCUT2D eigenvalue weighted by Gasteiger charge is 2.16. The summed E-state index contributed by atoms with van der Waals surface area (Å²) in [5.74, 6) is -1.32. The zero-order valence-electron chi connectivity index (χ0n) is 14.7. The van der Waals surface area contributed by atoms with E-state index in [9.17, 15) is 18.0 Å². The highest BCUT2D eigenvalue weighted by Crippen LogP contribution is 2.19. The first-order valence-corrected chi connectivity index (χ1v) is 9.88. The Morgan fingerprint density at radius 1 is 1.04 bits per heavy atom. The highest BCUT2D eigenvalue weighted by molar-refractivity contribution is 7.92. The Labute approximate surface area is 161 Å². The van der Waals surface area contributed by atoms with Crippen molar-refractivity contribution in [1.29, 1.82) is 0 Å². The van der Waals surface area contributed by atoms with Gasteiger partial charge in [-0.2, -0.15) is 0 Å². The molecule has 0 atom stereocenters. The monoisotopic (exact) mass is 399 g/mol. The number of para-hydroxylation sites is 1. The molecule has 1 N–H and O–H groups in total. The lowest BCUT2D eigenvalue weighted by atomic mass is 10.2. The van der Waals surface area contributed by atoms with Crippen molar-refractivity contribution in [2.75, 3.05) is 13.2 Å². The second-order valence-electron chi connectivity index (χ2n) is 5.81. The summed E-state index contributed by atoms with van der Waals surface area (Å²) in [5, 5.41) is 1.71. The molecule has 1 heterocycles. The Morgan fingerprint density at radius 3 is 2.50 bits per heavy atom. The van der Waals surface area contributed by atoms with Crippen LogP contribution in [0.25, 0.3) is 17.0 Å². The van der Waals surface area contributed by atoms with Crippen LogP contribution < -0.4 is 4.72 Å². The molecule has 0 saturated carbocycles. The largest absolute Gasteiger partial charge is 0.456 e. The van der Waals surface area contributed by atoms with Crippen molar-refractivity contribution in [3.05, 3.63) is 77.4 Å². The van der Waals surface area contributed by atoms with Gasteiger partial charge in [0.2, 0.25) is 15.8 Å². The molecule has 0 saturated heterocycles. The number of carbonyl (C=O) groups is 2. The van der Waals surface area contributed by atoms with E-state index in [1.807, 2.05) is 12.1 Å². The lowest BCUT2D eigenvalue weighted by Crippen LogP contribution is -2.30. The third-order valence-electron chi connectivity index (χ3n) is 3.72. The fourth-order valence-corrected chi connectivity index (χ4v) is 3.08. The van der Waals surface area contributed by atoms with E-state index in [2.05, 4.69) is 4.72 Å². The van der Waals surface area contributed by atoms with Gasteiger partial charge in [0.05, 0.1) is 0 Å². The minimum Gasteiger partial charge on any atom is -0.456 e. The first-order chi connectivity index (χ1) is 13.4. The summed E-state index contributed by atoms with van der Waals surface area (Å²) in [6.07, 6.45) is 1.40. The second-order valence-corrected chi connectivity index (χ2v) is 7.46. The Bertz CT molecular complexity index is 1080. The molecule has 3 aromatic rings. The zero-order valence-corrected chi connectivity index (χ0v) is 15.5. The number of carbonyl (C=O) groups excluding carboxylic acids is 2. The molecular formula is C20H17NO6S. The number of benzene rings is 2. The molecular weight excluding hydrogens is 382 g/mol. The molecule has 1 aromatic heterocycles. The van der Waals surface area contributed by atoms with Crippen LogP contribution in [-0.2, 0) is 19.6 Å². The number of ketones is 1. The van der Waals surface area contributed by atoms with Crippen molar-refractivity contribution in [3.8, 4) is 0 Å². The minimum absolute atomic E-state index is 0.0698. The predicted octanol–water partition coefficient (Wildman–Crippen LogP) is 2.75. The highest BCUT2D eigenvalue weighted by atomic mass is 32.2. The summed E-state index contributed by atoms with van der Waals surface area (Å²) in [4.78, 5) is 23.8. The number of furan rings is 1. The topological polar surface area (TPSA) is 103 Å². The van der Waals surface area contributed by atoms with Crippen LogP contribution in [-0.4, -0.2) is 33.3 Å². The van der Waals surface area contributed by atoms with E-state index in [0.29, 0.717) is 11.1 Å². The summed E-state index contributed by atoms with van der Waals surface area (Å²) in [7, 11) is -3.82. The molecule has 0 aliphatic carbocycles. The van der Waals surface area contributed by atoms with E-state index >= 15 is 0 Å². The fourth-order valence-electron chi connectivity index (χ4n) is 2.33. The number of esters is 1. The molecule has 0 radical (unpaired) electrons. The SMILES string of the molecule is O=C(CNS(=O)(=O)/C=C/c1ccccc1)OCC(=O)c1cc2ccccc2o1. The molecule has 0 bridgehead atoms. The standard InChI is InChI=1S/C20H17NO6S/c22-17(19-12-16-8-4-5-9-18(16)27-19)14-26-20(23)13-21-28(24,25)11-10-15-6-2-1-3-7-15/h1-12,21H,13-14H2/b11-10+. The van der Waals surface area contributed by atoms with E-state index in [1.54, 1.807) is 48.5 Å². The van der Waals surface area contributed by atoms with Crippen LogP contribution in [0.5, 0.6) is 0 Å². The van der Waals surface area contributed by atoms with Gasteiger partial charge in [0.1, 0.15) is 12.1 Å². The third kappa shape index (κ3) is 5.38. The van der Waals surface area contributed by atoms with Gasteiger partial charge in [-0.25, -0.2) is 13.1 Å². The molecule has 0 spiro atoms. The summed E-state index contributed by atoms with van der Waals surface area (Å²) in [6.45, 7) is -1.13. The van der Waals surface area contributed by atoms with Crippen LogP contribution >= 0.6 is 0 Å². The Hall–Kier alpha value is -3.23. The van der Waals surface area contributed by atoms with Gasteiger partial charge in [-0.05, 0) is 23.8 Å². The van der Waals surface area contributed by atoms with E-state index in [0.717, 1.165) is 10.8 Å². The molecule has 0 aliphatic heterocycles. The molecule has 3 rings (SSSR count). The predicted molar refractivity (Wildman–Crippen MR) is 104 cm³/mol. The molecule has 8 heteroatoms. The zero-order chi connectivity index (χ0) is 20.0. The van der Waals surface area contributed by atoms with Crippen molar-refractivity contribution in [1.82, 2.24) is 4.72 Å².